The van der Waals surface area contributed by atoms with Gasteiger partial charge in [0, 0.05) is 64.4 Å². The highest BCUT2D eigenvalue weighted by Crippen LogP contribution is 2.17. The summed E-state index contributed by atoms with van der Waals surface area (Å²) in [6, 6.07) is 4.88. The van der Waals surface area contributed by atoms with Crippen LogP contribution in [0, 0.1) is 0 Å². The fraction of sp³-hybridized carbons (Fsp3) is 0.444. The molecule has 2 aromatic rings. The van der Waals surface area contributed by atoms with Crippen LogP contribution in [0.5, 0.6) is 5.88 Å². The lowest BCUT2D eigenvalue weighted by atomic mass is 10.3. The molecule has 1 aliphatic rings. The van der Waals surface area contributed by atoms with E-state index in [2.05, 4.69) is 39.8 Å². The van der Waals surface area contributed by atoms with Gasteiger partial charge in [-0.15, -0.1) is 24.0 Å². The van der Waals surface area contributed by atoms with Crippen LogP contribution in [0.4, 0.5) is 19.1 Å². The molecule has 8 nitrogen and oxygen atoms in total. The summed E-state index contributed by atoms with van der Waals surface area (Å²) in [5.74, 6) is 1.40. The summed E-state index contributed by atoms with van der Waals surface area (Å²) in [5.41, 5.74) is 0.807. The molecular formula is C18H23F3IN7O. The zero-order valence-electron chi connectivity index (χ0n) is 16.3. The highest BCUT2D eigenvalue weighted by Gasteiger charge is 2.28. The van der Waals surface area contributed by atoms with Gasteiger partial charge in [-0.05, 0) is 11.6 Å². The number of nitrogens with one attached hydrogen (secondary N) is 1. The SMILES string of the molecule is CN=C(NCc1ccc(OCC(F)(F)F)nc1)N1CCN(c2ncccn2)CC1.I. The van der Waals surface area contributed by atoms with Crippen molar-refractivity contribution in [3.8, 4) is 5.88 Å². The van der Waals surface area contributed by atoms with Crippen molar-refractivity contribution in [3.63, 3.8) is 0 Å². The first kappa shape index (κ1) is 23.9. The van der Waals surface area contributed by atoms with Crippen LogP contribution < -0.4 is 15.0 Å². The standard InChI is InChI=1S/C18H22F3N7O.HI/c1-22-16(27-7-9-28(10-8-27)17-23-5-2-6-24-17)26-12-14-3-4-15(25-11-14)29-13-18(19,20)21;/h2-6,11H,7-10,12-13H2,1H3,(H,22,26);1H. The third-order valence-electron chi connectivity index (χ3n) is 4.26. The van der Waals surface area contributed by atoms with Gasteiger partial charge in [-0.25, -0.2) is 15.0 Å². The Bertz CT molecular complexity index is 798. The summed E-state index contributed by atoms with van der Waals surface area (Å²) >= 11 is 0. The molecule has 1 saturated heterocycles. The van der Waals surface area contributed by atoms with E-state index in [-0.39, 0.29) is 29.9 Å². The van der Waals surface area contributed by atoms with Crippen molar-refractivity contribution in [2.75, 3.05) is 44.7 Å². The van der Waals surface area contributed by atoms with Gasteiger partial charge in [-0.3, -0.25) is 4.99 Å². The third kappa shape index (κ3) is 7.15. The van der Waals surface area contributed by atoms with E-state index in [0.717, 1.165) is 37.7 Å². The molecule has 1 fully saturated rings. The second-order valence-electron chi connectivity index (χ2n) is 6.33. The monoisotopic (exact) mass is 537 g/mol. The lowest BCUT2D eigenvalue weighted by Crippen LogP contribution is -2.52. The second kappa shape index (κ2) is 11.1. The van der Waals surface area contributed by atoms with Crippen LogP contribution in [0.2, 0.25) is 0 Å². The highest BCUT2D eigenvalue weighted by molar-refractivity contribution is 14.0. The molecule has 0 radical (unpaired) electrons. The molecule has 164 valence electrons. The van der Waals surface area contributed by atoms with Gasteiger partial charge >= 0.3 is 6.18 Å². The largest absolute Gasteiger partial charge is 0.468 e. The number of hydrogen-bond acceptors (Lipinski definition) is 6. The molecule has 1 aliphatic heterocycles. The molecule has 0 amide bonds. The number of ether oxygens (including phenoxy) is 1. The minimum Gasteiger partial charge on any atom is -0.468 e. The van der Waals surface area contributed by atoms with Gasteiger partial charge in [-0.1, -0.05) is 6.07 Å². The predicted molar refractivity (Wildman–Crippen MR) is 117 cm³/mol. The van der Waals surface area contributed by atoms with Crippen molar-refractivity contribution >= 4 is 35.9 Å². The summed E-state index contributed by atoms with van der Waals surface area (Å²) < 4.78 is 41.1. The van der Waals surface area contributed by atoms with Gasteiger partial charge in [0.1, 0.15) is 0 Å². The van der Waals surface area contributed by atoms with E-state index in [9.17, 15) is 13.2 Å². The summed E-state index contributed by atoms with van der Waals surface area (Å²) in [6.45, 7) is 2.17. The highest BCUT2D eigenvalue weighted by atomic mass is 127. The number of aromatic nitrogens is 3. The first-order valence-corrected chi connectivity index (χ1v) is 9.06. The Labute approximate surface area is 189 Å². The number of rotatable bonds is 5. The molecule has 0 atom stereocenters. The van der Waals surface area contributed by atoms with Gasteiger partial charge < -0.3 is 19.9 Å². The Balaban J connectivity index is 0.00000320. The Kier molecular flexibility index (Phi) is 8.87. The molecule has 3 rings (SSSR count). The fourth-order valence-corrected chi connectivity index (χ4v) is 2.84. The van der Waals surface area contributed by atoms with Crippen molar-refractivity contribution < 1.29 is 17.9 Å². The molecule has 0 spiro atoms. The summed E-state index contributed by atoms with van der Waals surface area (Å²) in [6.07, 6.45) is 0.549. The van der Waals surface area contributed by atoms with E-state index in [1.807, 2.05) is 0 Å². The molecule has 0 unspecified atom stereocenters. The number of piperazine rings is 1. The number of guanidine groups is 1. The summed E-state index contributed by atoms with van der Waals surface area (Å²) in [7, 11) is 1.71. The van der Waals surface area contributed by atoms with Crippen LogP contribution in [0.15, 0.2) is 41.8 Å². The fourth-order valence-electron chi connectivity index (χ4n) is 2.84. The number of halogens is 4. The first-order valence-electron chi connectivity index (χ1n) is 9.06. The van der Waals surface area contributed by atoms with Crippen LogP contribution in [-0.2, 0) is 6.54 Å². The molecule has 0 bridgehead atoms. The topological polar surface area (TPSA) is 78.8 Å². The molecule has 30 heavy (non-hydrogen) atoms. The number of nitrogens with zero attached hydrogens (tertiary/aromatic N) is 6. The smallest absolute Gasteiger partial charge is 0.422 e. The predicted octanol–water partition coefficient (Wildman–Crippen LogP) is 2.33. The van der Waals surface area contributed by atoms with Crippen LogP contribution in [0.25, 0.3) is 0 Å². The lowest BCUT2D eigenvalue weighted by Gasteiger charge is -2.36. The molecule has 0 saturated carbocycles. The number of anilines is 1. The summed E-state index contributed by atoms with van der Waals surface area (Å²) in [4.78, 5) is 21.0. The zero-order chi connectivity index (χ0) is 20.7. The van der Waals surface area contributed by atoms with E-state index >= 15 is 0 Å². The minimum absolute atomic E-state index is 0. The lowest BCUT2D eigenvalue weighted by molar-refractivity contribution is -0.154. The van der Waals surface area contributed by atoms with E-state index < -0.39 is 12.8 Å². The van der Waals surface area contributed by atoms with E-state index in [1.165, 1.54) is 12.3 Å². The number of aliphatic imine (C=N–C) groups is 1. The van der Waals surface area contributed by atoms with Crippen molar-refractivity contribution in [3.05, 3.63) is 42.4 Å². The Morgan fingerprint density at radius 3 is 2.40 bits per heavy atom. The molecule has 2 aromatic heterocycles. The van der Waals surface area contributed by atoms with Gasteiger partial charge in [0.25, 0.3) is 0 Å². The molecular weight excluding hydrogens is 514 g/mol. The van der Waals surface area contributed by atoms with Crippen molar-refractivity contribution in [2.24, 2.45) is 4.99 Å². The van der Waals surface area contributed by atoms with Gasteiger partial charge in [0.2, 0.25) is 11.8 Å². The maximum atomic E-state index is 12.2. The Morgan fingerprint density at radius 1 is 1.13 bits per heavy atom. The summed E-state index contributed by atoms with van der Waals surface area (Å²) in [5, 5.41) is 3.25. The van der Waals surface area contributed by atoms with E-state index in [1.54, 1.807) is 31.6 Å². The Morgan fingerprint density at radius 2 is 1.83 bits per heavy atom. The van der Waals surface area contributed by atoms with Crippen molar-refractivity contribution in [1.29, 1.82) is 0 Å². The average molecular weight is 537 g/mol. The van der Waals surface area contributed by atoms with Crippen LogP contribution in [0.1, 0.15) is 5.56 Å². The molecule has 1 N–H and O–H groups in total. The zero-order valence-corrected chi connectivity index (χ0v) is 18.7. The second-order valence-corrected chi connectivity index (χ2v) is 6.33. The Hall–Kier alpha value is -2.38. The molecule has 12 heteroatoms. The number of hydrogen-bond donors (Lipinski definition) is 1. The van der Waals surface area contributed by atoms with Gasteiger partial charge in [0.15, 0.2) is 12.6 Å². The molecule has 0 aromatic carbocycles. The van der Waals surface area contributed by atoms with Gasteiger partial charge in [-0.2, -0.15) is 13.2 Å². The molecule has 0 aliphatic carbocycles. The first-order chi connectivity index (χ1) is 13.9. The van der Waals surface area contributed by atoms with Gasteiger partial charge in [0.05, 0.1) is 0 Å². The third-order valence-corrected chi connectivity index (χ3v) is 4.26. The van der Waals surface area contributed by atoms with Crippen molar-refractivity contribution in [1.82, 2.24) is 25.2 Å². The maximum absolute atomic E-state index is 12.2. The van der Waals surface area contributed by atoms with E-state index in [0.29, 0.717) is 12.5 Å². The van der Waals surface area contributed by atoms with Crippen molar-refractivity contribution in [2.45, 2.75) is 12.7 Å². The number of alkyl halides is 3. The normalized spacial score (nSPS) is 14.9. The molecule has 3 heterocycles. The van der Waals surface area contributed by atoms with Crippen LogP contribution in [0.3, 0.4) is 0 Å². The average Bonchev–Trinajstić information content (AvgIpc) is 2.74. The van der Waals surface area contributed by atoms with Crippen LogP contribution >= 0.6 is 24.0 Å². The maximum Gasteiger partial charge on any atom is 0.422 e. The quantitative estimate of drug-likeness (QED) is 0.357. The minimum atomic E-state index is -4.38. The van der Waals surface area contributed by atoms with E-state index in [4.69, 9.17) is 0 Å². The van der Waals surface area contributed by atoms with Crippen LogP contribution in [-0.4, -0.2) is 71.8 Å². The number of pyridine rings is 1.